The first-order chi connectivity index (χ1) is 15.6. The summed E-state index contributed by atoms with van der Waals surface area (Å²) >= 11 is 0. The summed E-state index contributed by atoms with van der Waals surface area (Å²) in [6, 6.07) is 12.9. The monoisotopic (exact) mass is 467 g/mol. The molecule has 2 amide bonds. The van der Waals surface area contributed by atoms with Crippen LogP contribution in [0.3, 0.4) is 0 Å². The van der Waals surface area contributed by atoms with Crippen LogP contribution in [-0.2, 0) is 0 Å². The van der Waals surface area contributed by atoms with Gasteiger partial charge >= 0.3 is 0 Å². The highest BCUT2D eigenvalue weighted by molar-refractivity contribution is 6.13. The van der Waals surface area contributed by atoms with Crippen molar-refractivity contribution >= 4 is 46.9 Å². The summed E-state index contributed by atoms with van der Waals surface area (Å²) in [5, 5.41) is 8.63. The number of hydrogen-bond donors (Lipinski definition) is 5. The Kier molecular flexibility index (Phi) is 6.29. The Bertz CT molecular complexity index is 1280. The van der Waals surface area contributed by atoms with E-state index in [4.69, 9.17) is 4.74 Å². The number of anilines is 2. The summed E-state index contributed by atoms with van der Waals surface area (Å²) in [4.78, 5) is 39.7. The molecule has 5 rings (SSSR count). The summed E-state index contributed by atoms with van der Waals surface area (Å²) in [5.74, 6) is 0.00479. The second-order valence-corrected chi connectivity index (χ2v) is 7.51. The SMILES string of the molecule is Cc1cc(OC2CNC2)ccc1NC(=O)c1nc[nH]c1C(=O)Nc1nc2ccccc2[nH]1.Cl. The molecule has 4 aromatic rings. The van der Waals surface area contributed by atoms with Gasteiger partial charge in [0.25, 0.3) is 11.8 Å². The minimum atomic E-state index is -0.527. The minimum Gasteiger partial charge on any atom is -0.488 e. The topological polar surface area (TPSA) is 137 Å². The maximum absolute atomic E-state index is 12.8. The first-order valence-corrected chi connectivity index (χ1v) is 10.2. The first kappa shape index (κ1) is 22.3. The van der Waals surface area contributed by atoms with E-state index in [0.717, 1.165) is 35.4 Å². The molecule has 2 aromatic heterocycles. The molecule has 2 aromatic carbocycles. The number of H-pyrrole nitrogens is 2. The van der Waals surface area contributed by atoms with Crippen LogP contribution in [0.5, 0.6) is 5.75 Å². The van der Waals surface area contributed by atoms with Crippen LogP contribution in [0.2, 0.25) is 0 Å². The number of ether oxygens (including phenoxy) is 1. The van der Waals surface area contributed by atoms with Crippen molar-refractivity contribution in [3.8, 4) is 5.75 Å². The smallest absolute Gasteiger partial charge is 0.276 e. The number of imidazole rings is 2. The number of amides is 2. The molecule has 0 saturated carbocycles. The molecule has 0 radical (unpaired) electrons. The molecule has 11 heteroatoms. The van der Waals surface area contributed by atoms with Gasteiger partial charge in [0, 0.05) is 18.8 Å². The summed E-state index contributed by atoms with van der Waals surface area (Å²) in [6.07, 6.45) is 1.48. The number of nitrogens with one attached hydrogen (secondary N) is 5. The third kappa shape index (κ3) is 4.66. The Morgan fingerprint density at radius 1 is 1.09 bits per heavy atom. The van der Waals surface area contributed by atoms with Crippen molar-refractivity contribution in [1.82, 2.24) is 25.3 Å². The number of aromatic amines is 2. The fraction of sp³-hybridized carbons (Fsp3) is 0.182. The van der Waals surface area contributed by atoms with Gasteiger partial charge in [-0.05, 0) is 42.8 Å². The van der Waals surface area contributed by atoms with Gasteiger partial charge in [-0.25, -0.2) is 9.97 Å². The van der Waals surface area contributed by atoms with Gasteiger partial charge in [0.05, 0.1) is 17.4 Å². The van der Waals surface area contributed by atoms with Crippen molar-refractivity contribution in [3.63, 3.8) is 0 Å². The number of hydrogen-bond acceptors (Lipinski definition) is 6. The maximum atomic E-state index is 12.8. The van der Waals surface area contributed by atoms with E-state index >= 15 is 0 Å². The highest BCUT2D eigenvalue weighted by Gasteiger charge is 2.22. The lowest BCUT2D eigenvalue weighted by molar-refractivity contribution is 0.0985. The zero-order valence-electron chi connectivity index (χ0n) is 17.6. The van der Waals surface area contributed by atoms with Gasteiger partial charge in [0.15, 0.2) is 5.69 Å². The van der Waals surface area contributed by atoms with E-state index in [2.05, 4.69) is 35.9 Å². The summed E-state index contributed by atoms with van der Waals surface area (Å²) in [6.45, 7) is 3.53. The Morgan fingerprint density at radius 3 is 2.64 bits per heavy atom. The van der Waals surface area contributed by atoms with Gasteiger partial charge in [-0.2, -0.15) is 0 Å². The van der Waals surface area contributed by atoms with Gasteiger partial charge in [-0.3, -0.25) is 14.9 Å². The van der Waals surface area contributed by atoms with Crippen LogP contribution < -0.4 is 20.7 Å². The Labute approximate surface area is 195 Å². The molecule has 0 bridgehead atoms. The molecule has 0 aliphatic carbocycles. The second-order valence-electron chi connectivity index (χ2n) is 7.51. The minimum absolute atomic E-state index is 0. The molecule has 5 N–H and O–H groups in total. The van der Waals surface area contributed by atoms with Crippen LogP contribution in [0.4, 0.5) is 11.6 Å². The molecular weight excluding hydrogens is 446 g/mol. The van der Waals surface area contributed by atoms with E-state index in [0.29, 0.717) is 5.69 Å². The summed E-state index contributed by atoms with van der Waals surface area (Å²) < 4.78 is 5.84. The quantitative estimate of drug-likeness (QED) is 0.296. The lowest BCUT2D eigenvalue weighted by Crippen LogP contribution is -2.50. The molecule has 1 aliphatic heterocycles. The number of halogens is 1. The normalized spacial score (nSPS) is 13.1. The second kappa shape index (κ2) is 9.31. The number of aryl methyl sites for hydroxylation is 1. The lowest BCUT2D eigenvalue weighted by Gasteiger charge is -2.28. The Balaban J connectivity index is 0.00000259. The largest absolute Gasteiger partial charge is 0.488 e. The zero-order chi connectivity index (χ0) is 22.1. The van der Waals surface area contributed by atoms with Crippen molar-refractivity contribution < 1.29 is 14.3 Å². The number of benzene rings is 2. The highest BCUT2D eigenvalue weighted by Crippen LogP contribution is 2.23. The van der Waals surface area contributed by atoms with Crippen molar-refractivity contribution in [2.75, 3.05) is 23.7 Å². The van der Waals surface area contributed by atoms with Crippen molar-refractivity contribution in [2.45, 2.75) is 13.0 Å². The van der Waals surface area contributed by atoms with E-state index in [1.165, 1.54) is 6.33 Å². The molecule has 0 unspecified atom stereocenters. The molecule has 170 valence electrons. The van der Waals surface area contributed by atoms with E-state index in [-0.39, 0.29) is 35.8 Å². The van der Waals surface area contributed by atoms with Crippen LogP contribution >= 0.6 is 12.4 Å². The van der Waals surface area contributed by atoms with Gasteiger partial charge in [0.2, 0.25) is 5.95 Å². The van der Waals surface area contributed by atoms with E-state index in [1.54, 1.807) is 12.1 Å². The van der Waals surface area contributed by atoms with Crippen LogP contribution in [0.15, 0.2) is 48.8 Å². The summed E-state index contributed by atoms with van der Waals surface area (Å²) in [5.41, 5.74) is 2.99. The molecule has 33 heavy (non-hydrogen) atoms. The molecule has 10 nitrogen and oxygen atoms in total. The average molecular weight is 468 g/mol. The maximum Gasteiger partial charge on any atom is 0.276 e. The fourth-order valence-electron chi connectivity index (χ4n) is 3.39. The molecule has 1 saturated heterocycles. The van der Waals surface area contributed by atoms with Crippen LogP contribution in [0, 0.1) is 6.92 Å². The molecule has 1 fully saturated rings. The number of carbonyl (C=O) groups is 2. The zero-order valence-corrected chi connectivity index (χ0v) is 18.5. The third-order valence-electron chi connectivity index (χ3n) is 5.20. The number of aromatic nitrogens is 4. The Hall–Kier alpha value is -3.89. The molecule has 0 spiro atoms. The van der Waals surface area contributed by atoms with Crippen molar-refractivity contribution in [3.05, 3.63) is 65.7 Å². The molecule has 0 atom stereocenters. The average Bonchev–Trinajstić information content (AvgIpc) is 3.39. The van der Waals surface area contributed by atoms with Gasteiger partial charge in [-0.1, -0.05) is 12.1 Å². The van der Waals surface area contributed by atoms with Crippen molar-refractivity contribution in [1.29, 1.82) is 0 Å². The number of nitrogens with zero attached hydrogens (tertiary/aromatic N) is 2. The van der Waals surface area contributed by atoms with E-state index in [9.17, 15) is 9.59 Å². The lowest BCUT2D eigenvalue weighted by atomic mass is 10.1. The van der Waals surface area contributed by atoms with Crippen LogP contribution in [-0.4, -0.2) is 50.9 Å². The molecule has 1 aliphatic rings. The number of fused-ring (bicyclic) bond motifs is 1. The standard InChI is InChI=1S/C22H21N7O3.ClH/c1-12-8-13(32-14-9-23-10-14)6-7-15(12)26-20(30)18-19(25-11-24-18)21(31)29-22-27-16-4-2-3-5-17(16)28-22;/h2-8,11,14,23H,9-10H2,1H3,(H,24,25)(H,26,30)(H2,27,28,29,31);1H. The predicted octanol–water partition coefficient (Wildman–Crippen LogP) is 2.87. The number of rotatable bonds is 6. The highest BCUT2D eigenvalue weighted by atomic mass is 35.5. The van der Waals surface area contributed by atoms with E-state index < -0.39 is 11.8 Å². The van der Waals surface area contributed by atoms with Crippen LogP contribution in [0.1, 0.15) is 26.5 Å². The van der Waals surface area contributed by atoms with E-state index in [1.807, 2.05) is 37.3 Å². The summed E-state index contributed by atoms with van der Waals surface area (Å²) in [7, 11) is 0. The number of carbonyl (C=O) groups excluding carboxylic acids is 2. The fourth-order valence-corrected chi connectivity index (χ4v) is 3.39. The van der Waals surface area contributed by atoms with Crippen molar-refractivity contribution in [2.24, 2.45) is 0 Å². The number of para-hydroxylation sites is 2. The van der Waals surface area contributed by atoms with Gasteiger partial charge in [0.1, 0.15) is 17.5 Å². The molecule has 3 heterocycles. The van der Waals surface area contributed by atoms with Gasteiger partial charge < -0.3 is 25.3 Å². The third-order valence-corrected chi connectivity index (χ3v) is 5.20. The van der Waals surface area contributed by atoms with Crippen LogP contribution in [0.25, 0.3) is 11.0 Å². The Morgan fingerprint density at radius 2 is 1.91 bits per heavy atom. The van der Waals surface area contributed by atoms with Gasteiger partial charge in [-0.15, -0.1) is 12.4 Å². The predicted molar refractivity (Wildman–Crippen MR) is 126 cm³/mol. The molecular formula is C22H22ClN7O3. The first-order valence-electron chi connectivity index (χ1n) is 10.2.